The van der Waals surface area contributed by atoms with Gasteiger partial charge in [0.25, 0.3) is 0 Å². The zero-order chi connectivity index (χ0) is 15.6. The van der Waals surface area contributed by atoms with E-state index in [1.54, 1.807) is 24.0 Å². The minimum absolute atomic E-state index is 0.104. The molecule has 0 aromatic carbocycles. The molecule has 4 rings (SSSR count). The fourth-order valence-corrected chi connectivity index (χ4v) is 3.81. The second-order valence-corrected chi connectivity index (χ2v) is 6.71. The number of likely N-dealkylation sites (tertiary alicyclic amines) is 1. The molecule has 0 bridgehead atoms. The first kappa shape index (κ1) is 14.5. The highest BCUT2D eigenvalue weighted by molar-refractivity contribution is 7.13. The normalized spacial score (nSPS) is 20.1. The number of hydrogen-bond acceptors (Lipinski definition) is 7. The van der Waals surface area contributed by atoms with E-state index >= 15 is 0 Å². The Morgan fingerprint density at radius 3 is 3.22 bits per heavy atom. The summed E-state index contributed by atoms with van der Waals surface area (Å²) in [6, 6.07) is 4.53. The van der Waals surface area contributed by atoms with Crippen LogP contribution < -0.4 is 0 Å². The van der Waals surface area contributed by atoms with E-state index in [-0.39, 0.29) is 6.04 Å². The van der Waals surface area contributed by atoms with Gasteiger partial charge in [-0.1, -0.05) is 11.2 Å². The summed E-state index contributed by atoms with van der Waals surface area (Å²) in [6.45, 7) is 4.01. The van der Waals surface area contributed by atoms with Crippen LogP contribution in [0.5, 0.6) is 0 Å². The molecular formula is C15H18N6OS. The maximum absolute atomic E-state index is 5.52. The second kappa shape index (κ2) is 6.21. The molecule has 0 saturated carbocycles. The molecule has 1 fully saturated rings. The van der Waals surface area contributed by atoms with Gasteiger partial charge >= 0.3 is 0 Å². The van der Waals surface area contributed by atoms with Crippen molar-refractivity contribution < 1.29 is 4.52 Å². The van der Waals surface area contributed by atoms with E-state index in [2.05, 4.69) is 32.0 Å². The largest absolute Gasteiger partial charge is 0.337 e. The lowest BCUT2D eigenvalue weighted by Crippen LogP contribution is -2.35. The zero-order valence-corrected chi connectivity index (χ0v) is 13.7. The van der Waals surface area contributed by atoms with Gasteiger partial charge < -0.3 is 4.52 Å². The van der Waals surface area contributed by atoms with Crippen LogP contribution in [0, 0.1) is 0 Å². The fourth-order valence-electron chi connectivity index (χ4n) is 3.16. The predicted molar refractivity (Wildman–Crippen MR) is 85.8 cm³/mol. The van der Waals surface area contributed by atoms with Crippen molar-refractivity contribution >= 4 is 11.3 Å². The summed E-state index contributed by atoms with van der Waals surface area (Å²) >= 11 is 1.62. The van der Waals surface area contributed by atoms with Gasteiger partial charge in [0.2, 0.25) is 11.7 Å². The Balaban J connectivity index is 1.50. The predicted octanol–water partition coefficient (Wildman–Crippen LogP) is 2.62. The van der Waals surface area contributed by atoms with Crippen LogP contribution in [-0.2, 0) is 6.54 Å². The van der Waals surface area contributed by atoms with E-state index in [4.69, 9.17) is 4.52 Å². The van der Waals surface area contributed by atoms with Crippen LogP contribution >= 0.6 is 11.3 Å². The highest BCUT2D eigenvalue weighted by atomic mass is 32.1. The first-order valence-electron chi connectivity index (χ1n) is 7.77. The van der Waals surface area contributed by atoms with Gasteiger partial charge in [-0.25, -0.2) is 4.98 Å². The minimum atomic E-state index is 0.104. The fraction of sp³-hybridized carbons (Fsp3) is 0.467. The molecule has 7 nitrogen and oxygen atoms in total. The third-order valence-corrected chi connectivity index (χ3v) is 5.19. The Bertz CT molecular complexity index is 738. The highest BCUT2D eigenvalue weighted by Gasteiger charge is 2.32. The molecule has 0 amide bonds. The maximum Gasteiger partial charge on any atom is 0.244 e. The van der Waals surface area contributed by atoms with Gasteiger partial charge in [-0.2, -0.15) is 10.1 Å². The van der Waals surface area contributed by atoms with E-state index < -0.39 is 0 Å². The standard InChI is InChI=1S/C15H18N6OS/c1-11(15-18-14(19-22-15)13-5-3-7-23-13)21-6-2-4-12(21)8-20-10-16-9-17-20/h3,5,7,9-12H,2,4,6,8H2,1H3/t11-,12+/m0/s1. The number of thiophene rings is 1. The Labute approximate surface area is 138 Å². The Morgan fingerprint density at radius 2 is 2.43 bits per heavy atom. The van der Waals surface area contributed by atoms with Gasteiger partial charge in [0, 0.05) is 6.04 Å². The number of hydrogen-bond donors (Lipinski definition) is 0. The van der Waals surface area contributed by atoms with Gasteiger partial charge in [-0.3, -0.25) is 9.58 Å². The average Bonchev–Trinajstić information content (AvgIpc) is 3.33. The van der Waals surface area contributed by atoms with Crippen LogP contribution in [0.4, 0.5) is 0 Å². The summed E-state index contributed by atoms with van der Waals surface area (Å²) in [5, 5.41) is 10.4. The molecule has 3 aromatic rings. The lowest BCUT2D eigenvalue weighted by atomic mass is 10.2. The molecular weight excluding hydrogens is 312 g/mol. The smallest absolute Gasteiger partial charge is 0.244 e. The van der Waals surface area contributed by atoms with E-state index in [9.17, 15) is 0 Å². The molecule has 0 aliphatic carbocycles. The summed E-state index contributed by atoms with van der Waals surface area (Å²) in [5.74, 6) is 1.35. The van der Waals surface area contributed by atoms with Gasteiger partial charge in [0.15, 0.2) is 0 Å². The molecule has 0 unspecified atom stereocenters. The Morgan fingerprint density at radius 1 is 1.48 bits per heavy atom. The molecule has 23 heavy (non-hydrogen) atoms. The van der Waals surface area contributed by atoms with Crippen molar-refractivity contribution in [2.75, 3.05) is 6.54 Å². The quantitative estimate of drug-likeness (QED) is 0.716. The van der Waals surface area contributed by atoms with Gasteiger partial charge in [-0.15, -0.1) is 11.3 Å². The highest BCUT2D eigenvalue weighted by Crippen LogP contribution is 2.30. The molecule has 1 aliphatic heterocycles. The molecule has 0 spiro atoms. The van der Waals surface area contributed by atoms with Crippen LogP contribution in [0.25, 0.3) is 10.7 Å². The van der Waals surface area contributed by atoms with E-state index in [1.165, 1.54) is 6.42 Å². The van der Waals surface area contributed by atoms with E-state index in [1.807, 2.05) is 22.2 Å². The number of rotatable bonds is 5. The summed E-state index contributed by atoms with van der Waals surface area (Å²) in [4.78, 5) is 12.1. The number of aromatic nitrogens is 5. The van der Waals surface area contributed by atoms with Crippen molar-refractivity contribution in [3.05, 3.63) is 36.1 Å². The molecule has 2 atom stereocenters. The molecule has 3 aromatic heterocycles. The van der Waals surface area contributed by atoms with Crippen molar-refractivity contribution in [1.29, 1.82) is 0 Å². The van der Waals surface area contributed by atoms with Crippen LogP contribution in [-0.4, -0.2) is 42.4 Å². The van der Waals surface area contributed by atoms with Crippen molar-refractivity contribution in [3.63, 3.8) is 0 Å². The topological polar surface area (TPSA) is 72.9 Å². The maximum atomic E-state index is 5.52. The average molecular weight is 330 g/mol. The lowest BCUT2D eigenvalue weighted by Gasteiger charge is -2.28. The third kappa shape index (κ3) is 2.91. The molecule has 120 valence electrons. The molecule has 0 N–H and O–H groups in total. The summed E-state index contributed by atoms with van der Waals surface area (Å²) < 4.78 is 7.40. The Kier molecular flexibility index (Phi) is 3.92. The summed E-state index contributed by atoms with van der Waals surface area (Å²) in [6.07, 6.45) is 5.67. The third-order valence-electron chi connectivity index (χ3n) is 4.33. The Hall–Kier alpha value is -2.06. The van der Waals surface area contributed by atoms with Crippen LogP contribution in [0.15, 0.2) is 34.7 Å². The summed E-state index contributed by atoms with van der Waals surface area (Å²) in [5.41, 5.74) is 0. The van der Waals surface area contributed by atoms with Crippen LogP contribution in [0.1, 0.15) is 31.7 Å². The van der Waals surface area contributed by atoms with Crippen molar-refractivity contribution in [2.45, 2.75) is 38.4 Å². The van der Waals surface area contributed by atoms with E-state index in [0.29, 0.717) is 17.8 Å². The first-order valence-corrected chi connectivity index (χ1v) is 8.65. The van der Waals surface area contributed by atoms with Crippen molar-refractivity contribution in [1.82, 2.24) is 29.8 Å². The monoisotopic (exact) mass is 330 g/mol. The zero-order valence-electron chi connectivity index (χ0n) is 12.9. The minimum Gasteiger partial charge on any atom is -0.337 e. The van der Waals surface area contributed by atoms with Crippen LogP contribution in [0.3, 0.4) is 0 Å². The van der Waals surface area contributed by atoms with Crippen LogP contribution in [0.2, 0.25) is 0 Å². The second-order valence-electron chi connectivity index (χ2n) is 5.76. The summed E-state index contributed by atoms with van der Waals surface area (Å²) in [7, 11) is 0. The molecule has 4 heterocycles. The molecule has 1 saturated heterocycles. The van der Waals surface area contributed by atoms with Crippen molar-refractivity contribution in [3.8, 4) is 10.7 Å². The SMILES string of the molecule is C[C@@H](c1nc(-c2cccs2)no1)N1CCC[C@@H]1Cn1cncn1. The van der Waals surface area contributed by atoms with Crippen molar-refractivity contribution in [2.24, 2.45) is 0 Å². The molecule has 1 aliphatic rings. The van der Waals surface area contributed by atoms with Gasteiger partial charge in [-0.05, 0) is 37.8 Å². The van der Waals surface area contributed by atoms with E-state index in [0.717, 1.165) is 24.4 Å². The number of nitrogens with zero attached hydrogens (tertiary/aromatic N) is 6. The molecule has 0 radical (unpaired) electrons. The van der Waals surface area contributed by atoms with Gasteiger partial charge in [0.1, 0.15) is 12.7 Å². The first-order chi connectivity index (χ1) is 11.3. The molecule has 8 heteroatoms. The van der Waals surface area contributed by atoms with Gasteiger partial charge in [0.05, 0.1) is 17.5 Å². The lowest BCUT2D eigenvalue weighted by molar-refractivity contribution is 0.144.